The molecule has 2 aromatic rings. The topological polar surface area (TPSA) is 92.5 Å². The molecule has 0 fully saturated rings. The summed E-state index contributed by atoms with van der Waals surface area (Å²) in [4.78, 5) is 22.6. The summed E-state index contributed by atoms with van der Waals surface area (Å²) < 4.78 is 0. The van der Waals surface area contributed by atoms with Gasteiger partial charge in [0.15, 0.2) is 0 Å². The van der Waals surface area contributed by atoms with Gasteiger partial charge in [0.2, 0.25) is 5.91 Å². The molecule has 0 saturated carbocycles. The number of carbonyl (C=O) groups is 1. The third-order valence-corrected chi connectivity index (χ3v) is 3.51. The smallest absolute Gasteiger partial charge is 0.274 e. The highest BCUT2D eigenvalue weighted by Gasteiger charge is 2.16. The van der Waals surface area contributed by atoms with Crippen LogP contribution in [0.1, 0.15) is 30.6 Å². The molecule has 120 valence electrons. The lowest BCUT2D eigenvalue weighted by Gasteiger charge is -2.11. The predicted octanol–water partition coefficient (Wildman–Crippen LogP) is 3.22. The first-order valence-electron chi connectivity index (χ1n) is 7.31. The van der Waals surface area contributed by atoms with Crippen LogP contribution in [0.5, 0.6) is 0 Å². The third kappa shape index (κ3) is 4.37. The van der Waals surface area contributed by atoms with Crippen LogP contribution in [0.15, 0.2) is 48.5 Å². The number of nitrogens with one attached hydrogen (secondary N) is 1. The van der Waals surface area contributed by atoms with Crippen LogP contribution < -0.4 is 5.32 Å². The summed E-state index contributed by atoms with van der Waals surface area (Å²) in [5.41, 5.74) is 1.58. The summed E-state index contributed by atoms with van der Waals surface area (Å²) >= 11 is 0. The number of aliphatic hydroxyl groups excluding tert-OH is 1. The Hall–Kier alpha value is -2.73. The minimum absolute atomic E-state index is 0.0195. The first kappa shape index (κ1) is 16.6. The predicted molar refractivity (Wildman–Crippen MR) is 87.1 cm³/mol. The number of benzene rings is 2. The van der Waals surface area contributed by atoms with Crippen molar-refractivity contribution in [2.75, 3.05) is 5.32 Å². The molecule has 0 saturated heterocycles. The molecular formula is C17H18N2O4. The van der Waals surface area contributed by atoms with Crippen molar-refractivity contribution >= 4 is 17.3 Å². The number of aliphatic hydroxyl groups is 1. The molecular weight excluding hydrogens is 296 g/mol. The molecule has 2 aromatic carbocycles. The number of hydrogen-bond donors (Lipinski definition) is 2. The van der Waals surface area contributed by atoms with Crippen molar-refractivity contribution in [2.45, 2.75) is 25.9 Å². The molecule has 2 rings (SSSR count). The Labute approximate surface area is 133 Å². The second-order valence-corrected chi connectivity index (χ2v) is 5.13. The van der Waals surface area contributed by atoms with Crippen molar-refractivity contribution in [2.24, 2.45) is 0 Å². The molecule has 0 aliphatic heterocycles. The standard InChI is InChI=1S/C17H18N2O4/c1-2-12-8-9-14(10-15(12)19(22)23)18-17(21)11-16(20)13-6-4-3-5-7-13/h3-10,16,20H,2,11H2,1H3,(H,18,21). The fraction of sp³-hybridized carbons (Fsp3) is 0.235. The fourth-order valence-electron chi connectivity index (χ4n) is 2.29. The van der Waals surface area contributed by atoms with Gasteiger partial charge in [-0.2, -0.15) is 0 Å². The lowest BCUT2D eigenvalue weighted by atomic mass is 10.1. The van der Waals surface area contributed by atoms with E-state index in [1.165, 1.54) is 6.07 Å². The van der Waals surface area contributed by atoms with Crippen LogP contribution in [-0.4, -0.2) is 15.9 Å². The van der Waals surface area contributed by atoms with Crippen molar-refractivity contribution < 1.29 is 14.8 Å². The van der Waals surface area contributed by atoms with Gasteiger partial charge in [0, 0.05) is 17.3 Å². The van der Waals surface area contributed by atoms with Crippen LogP contribution in [0, 0.1) is 10.1 Å². The van der Waals surface area contributed by atoms with Crippen molar-refractivity contribution in [3.8, 4) is 0 Å². The van der Waals surface area contributed by atoms with Crippen LogP contribution in [0.4, 0.5) is 11.4 Å². The lowest BCUT2D eigenvalue weighted by Crippen LogP contribution is -2.15. The van der Waals surface area contributed by atoms with Crippen molar-refractivity contribution in [3.63, 3.8) is 0 Å². The largest absolute Gasteiger partial charge is 0.388 e. The summed E-state index contributed by atoms with van der Waals surface area (Å²) in [6.07, 6.45) is -0.494. The maximum Gasteiger partial charge on any atom is 0.274 e. The van der Waals surface area contributed by atoms with Gasteiger partial charge in [0.25, 0.3) is 5.69 Å². The Bertz CT molecular complexity index is 701. The molecule has 1 atom stereocenters. The van der Waals surface area contributed by atoms with Gasteiger partial charge < -0.3 is 10.4 Å². The number of carbonyl (C=O) groups excluding carboxylic acids is 1. The average molecular weight is 314 g/mol. The van der Waals surface area contributed by atoms with Gasteiger partial charge in [-0.25, -0.2) is 0 Å². The zero-order valence-electron chi connectivity index (χ0n) is 12.7. The van der Waals surface area contributed by atoms with Gasteiger partial charge in [0.1, 0.15) is 0 Å². The molecule has 0 aliphatic carbocycles. The summed E-state index contributed by atoms with van der Waals surface area (Å²) in [5.74, 6) is -0.403. The fourth-order valence-corrected chi connectivity index (χ4v) is 2.29. The summed E-state index contributed by atoms with van der Waals surface area (Å²) in [6.45, 7) is 1.83. The molecule has 0 aliphatic rings. The molecule has 0 spiro atoms. The number of anilines is 1. The highest BCUT2D eigenvalue weighted by atomic mass is 16.6. The zero-order chi connectivity index (χ0) is 16.8. The molecule has 0 radical (unpaired) electrons. The van der Waals surface area contributed by atoms with Crippen LogP contribution in [-0.2, 0) is 11.2 Å². The van der Waals surface area contributed by atoms with E-state index in [4.69, 9.17) is 0 Å². The Morgan fingerprint density at radius 3 is 2.57 bits per heavy atom. The average Bonchev–Trinajstić information content (AvgIpc) is 2.55. The highest BCUT2D eigenvalue weighted by Crippen LogP contribution is 2.24. The number of nitro groups is 1. The zero-order valence-corrected chi connectivity index (χ0v) is 12.7. The van der Waals surface area contributed by atoms with E-state index in [-0.39, 0.29) is 12.1 Å². The van der Waals surface area contributed by atoms with E-state index < -0.39 is 16.9 Å². The van der Waals surface area contributed by atoms with Crippen molar-refractivity contribution in [1.82, 2.24) is 0 Å². The third-order valence-electron chi connectivity index (χ3n) is 3.51. The molecule has 2 N–H and O–H groups in total. The Balaban J connectivity index is 2.05. The number of amides is 1. The molecule has 0 heterocycles. The monoisotopic (exact) mass is 314 g/mol. The summed E-state index contributed by atoms with van der Waals surface area (Å²) in [5, 5.41) is 23.6. The number of aryl methyl sites for hydroxylation is 1. The molecule has 6 nitrogen and oxygen atoms in total. The normalized spacial score (nSPS) is 11.7. The van der Waals surface area contributed by atoms with E-state index in [1.54, 1.807) is 36.4 Å². The van der Waals surface area contributed by atoms with Crippen molar-refractivity contribution in [3.05, 3.63) is 69.8 Å². The first-order valence-corrected chi connectivity index (χ1v) is 7.31. The Morgan fingerprint density at radius 1 is 1.26 bits per heavy atom. The number of hydrogen-bond acceptors (Lipinski definition) is 4. The maximum absolute atomic E-state index is 12.0. The SMILES string of the molecule is CCc1ccc(NC(=O)CC(O)c2ccccc2)cc1[N+](=O)[O-]. The Morgan fingerprint density at radius 2 is 1.96 bits per heavy atom. The van der Waals surface area contributed by atoms with E-state index in [0.717, 1.165) is 0 Å². The van der Waals surface area contributed by atoms with Crippen LogP contribution in [0.25, 0.3) is 0 Å². The van der Waals surface area contributed by atoms with E-state index in [2.05, 4.69) is 5.32 Å². The number of nitrogens with zero attached hydrogens (tertiary/aromatic N) is 1. The Kier molecular flexibility index (Phi) is 5.43. The molecule has 6 heteroatoms. The lowest BCUT2D eigenvalue weighted by molar-refractivity contribution is -0.385. The van der Waals surface area contributed by atoms with Gasteiger partial charge in [0.05, 0.1) is 17.4 Å². The van der Waals surface area contributed by atoms with Crippen LogP contribution in [0.3, 0.4) is 0 Å². The van der Waals surface area contributed by atoms with Crippen LogP contribution >= 0.6 is 0 Å². The minimum atomic E-state index is -0.916. The van der Waals surface area contributed by atoms with Gasteiger partial charge in [-0.3, -0.25) is 14.9 Å². The van der Waals surface area contributed by atoms with Gasteiger partial charge >= 0.3 is 0 Å². The van der Waals surface area contributed by atoms with Gasteiger partial charge in [-0.1, -0.05) is 43.3 Å². The summed E-state index contributed by atoms with van der Waals surface area (Å²) in [7, 11) is 0. The molecule has 0 bridgehead atoms. The maximum atomic E-state index is 12.0. The number of rotatable bonds is 6. The highest BCUT2D eigenvalue weighted by molar-refractivity contribution is 5.91. The minimum Gasteiger partial charge on any atom is -0.388 e. The first-order chi connectivity index (χ1) is 11.0. The van der Waals surface area contributed by atoms with E-state index in [0.29, 0.717) is 23.2 Å². The molecule has 1 unspecified atom stereocenters. The van der Waals surface area contributed by atoms with Gasteiger partial charge in [-0.15, -0.1) is 0 Å². The quantitative estimate of drug-likeness (QED) is 0.632. The molecule has 23 heavy (non-hydrogen) atoms. The molecule has 1 amide bonds. The summed E-state index contributed by atoms with van der Waals surface area (Å²) in [6, 6.07) is 13.4. The second kappa shape index (κ2) is 7.51. The van der Waals surface area contributed by atoms with Crippen LogP contribution in [0.2, 0.25) is 0 Å². The van der Waals surface area contributed by atoms with E-state index in [1.807, 2.05) is 13.0 Å². The molecule has 0 aromatic heterocycles. The van der Waals surface area contributed by atoms with E-state index in [9.17, 15) is 20.0 Å². The van der Waals surface area contributed by atoms with E-state index >= 15 is 0 Å². The van der Waals surface area contributed by atoms with Gasteiger partial charge in [-0.05, 0) is 18.1 Å². The number of nitro benzene ring substituents is 1. The van der Waals surface area contributed by atoms with Crippen molar-refractivity contribution in [1.29, 1.82) is 0 Å². The second-order valence-electron chi connectivity index (χ2n) is 5.13.